The molecule has 0 bridgehead atoms. The van der Waals surface area contributed by atoms with Gasteiger partial charge in [-0.05, 0) is 18.2 Å². The predicted molar refractivity (Wildman–Crippen MR) is 75.7 cm³/mol. The molecule has 2 rings (SSSR count). The fraction of sp³-hybridized carbons (Fsp3) is 0.462. The van der Waals surface area contributed by atoms with Crippen LogP contribution in [0.1, 0.15) is 12.8 Å². The summed E-state index contributed by atoms with van der Waals surface area (Å²) in [6.07, 6.45) is -0.410. The van der Waals surface area contributed by atoms with Gasteiger partial charge in [0.05, 0.1) is 6.54 Å². The number of hydrogen-bond donors (Lipinski definition) is 1. The molecule has 110 valence electrons. The monoisotopic (exact) mass is 322 g/mol. The largest absolute Gasteiger partial charge is 0.325 e. The molecule has 0 unspecified atom stereocenters. The molecule has 1 aliphatic heterocycles. The van der Waals surface area contributed by atoms with Crippen molar-refractivity contribution in [3.63, 3.8) is 0 Å². The molecular weight excluding hydrogens is 309 g/mol. The molecule has 0 atom stereocenters. The second-order valence-corrected chi connectivity index (χ2v) is 5.71. The highest BCUT2D eigenvalue weighted by molar-refractivity contribution is 6.35. The van der Waals surface area contributed by atoms with Crippen LogP contribution in [0.4, 0.5) is 14.5 Å². The van der Waals surface area contributed by atoms with E-state index in [4.69, 9.17) is 23.2 Å². The van der Waals surface area contributed by atoms with Crippen molar-refractivity contribution in [3.05, 3.63) is 28.2 Å². The van der Waals surface area contributed by atoms with Gasteiger partial charge in [0.25, 0.3) is 5.92 Å². The number of carbonyl (C=O) groups is 1. The van der Waals surface area contributed by atoms with E-state index in [1.54, 1.807) is 23.1 Å². The normalized spacial score (nSPS) is 18.8. The molecule has 1 aromatic carbocycles. The fourth-order valence-electron chi connectivity index (χ4n) is 2.07. The number of benzene rings is 1. The molecule has 1 N–H and O–H groups in total. The van der Waals surface area contributed by atoms with Crippen LogP contribution in [0.25, 0.3) is 0 Å². The minimum atomic E-state index is -2.60. The highest BCUT2D eigenvalue weighted by Crippen LogP contribution is 2.27. The second-order valence-electron chi connectivity index (χ2n) is 4.84. The van der Waals surface area contributed by atoms with Crippen molar-refractivity contribution in [2.75, 3.05) is 25.0 Å². The summed E-state index contributed by atoms with van der Waals surface area (Å²) in [7, 11) is 0. The average Bonchev–Trinajstić information content (AvgIpc) is 2.30. The van der Waals surface area contributed by atoms with E-state index in [1.807, 2.05) is 0 Å². The van der Waals surface area contributed by atoms with E-state index < -0.39 is 5.92 Å². The number of carbonyl (C=O) groups excluding carboxylic acids is 1. The SMILES string of the molecule is O=C(CN1CCC(F)(F)CC1)Nc1cc(Cl)cc(Cl)c1. The van der Waals surface area contributed by atoms with E-state index in [9.17, 15) is 13.6 Å². The third-order valence-corrected chi connectivity index (χ3v) is 3.54. The van der Waals surface area contributed by atoms with E-state index in [0.29, 0.717) is 15.7 Å². The maximum atomic E-state index is 13.0. The number of likely N-dealkylation sites (tertiary alicyclic amines) is 1. The van der Waals surface area contributed by atoms with E-state index in [0.717, 1.165) is 0 Å². The van der Waals surface area contributed by atoms with Crippen LogP contribution in [0.2, 0.25) is 10.0 Å². The molecule has 20 heavy (non-hydrogen) atoms. The Hall–Kier alpha value is -0.910. The maximum absolute atomic E-state index is 13.0. The number of nitrogens with one attached hydrogen (secondary N) is 1. The Morgan fingerprint density at radius 1 is 1.20 bits per heavy atom. The highest BCUT2D eigenvalue weighted by atomic mass is 35.5. The Bertz CT molecular complexity index is 481. The molecular formula is C13H14Cl2F2N2O. The van der Waals surface area contributed by atoms with Gasteiger partial charge < -0.3 is 5.32 Å². The first kappa shape index (κ1) is 15.5. The lowest BCUT2D eigenvalue weighted by atomic mass is 10.1. The lowest BCUT2D eigenvalue weighted by molar-refractivity contribution is -0.119. The van der Waals surface area contributed by atoms with Gasteiger partial charge >= 0.3 is 0 Å². The second kappa shape index (κ2) is 6.24. The van der Waals surface area contributed by atoms with Gasteiger partial charge in [-0.15, -0.1) is 0 Å². The summed E-state index contributed by atoms with van der Waals surface area (Å²) in [6.45, 7) is 0.521. The molecule has 1 aliphatic rings. The van der Waals surface area contributed by atoms with Gasteiger partial charge in [0.15, 0.2) is 0 Å². The molecule has 0 saturated carbocycles. The summed E-state index contributed by atoms with van der Waals surface area (Å²) in [5, 5.41) is 3.50. The summed E-state index contributed by atoms with van der Waals surface area (Å²) in [5.74, 6) is -2.87. The van der Waals surface area contributed by atoms with Gasteiger partial charge in [0, 0.05) is 41.7 Å². The number of hydrogen-bond acceptors (Lipinski definition) is 2. The van der Waals surface area contributed by atoms with Gasteiger partial charge in [-0.3, -0.25) is 9.69 Å². The topological polar surface area (TPSA) is 32.3 Å². The van der Waals surface area contributed by atoms with E-state index in [1.165, 1.54) is 0 Å². The summed E-state index contributed by atoms with van der Waals surface area (Å²) in [4.78, 5) is 13.5. The number of piperidine rings is 1. The number of amides is 1. The molecule has 3 nitrogen and oxygen atoms in total. The molecule has 0 aromatic heterocycles. The third kappa shape index (κ3) is 4.58. The van der Waals surface area contributed by atoms with Crippen molar-refractivity contribution < 1.29 is 13.6 Å². The molecule has 1 saturated heterocycles. The van der Waals surface area contributed by atoms with Crippen LogP contribution in [0.15, 0.2) is 18.2 Å². The van der Waals surface area contributed by atoms with Gasteiger partial charge in [0.1, 0.15) is 0 Å². The minimum Gasteiger partial charge on any atom is -0.325 e. The number of rotatable bonds is 3. The standard InChI is InChI=1S/C13H14Cl2F2N2O/c14-9-5-10(15)7-11(6-9)18-12(20)8-19-3-1-13(16,17)2-4-19/h5-7H,1-4,8H2,(H,18,20). The van der Waals surface area contributed by atoms with Crippen LogP contribution in [0, 0.1) is 0 Å². The number of halogens is 4. The quantitative estimate of drug-likeness (QED) is 0.921. The van der Waals surface area contributed by atoms with Crippen LogP contribution in [-0.2, 0) is 4.79 Å². The summed E-state index contributed by atoms with van der Waals surface area (Å²) >= 11 is 11.7. The summed E-state index contributed by atoms with van der Waals surface area (Å²) in [5.41, 5.74) is 0.495. The average molecular weight is 323 g/mol. The maximum Gasteiger partial charge on any atom is 0.250 e. The van der Waals surface area contributed by atoms with Crippen molar-refractivity contribution in [1.29, 1.82) is 0 Å². The van der Waals surface area contributed by atoms with Crippen molar-refractivity contribution in [3.8, 4) is 0 Å². The van der Waals surface area contributed by atoms with Gasteiger partial charge in [0.2, 0.25) is 5.91 Å². The Morgan fingerprint density at radius 3 is 2.30 bits per heavy atom. The van der Waals surface area contributed by atoms with E-state index >= 15 is 0 Å². The molecule has 0 spiro atoms. The van der Waals surface area contributed by atoms with E-state index in [2.05, 4.69) is 5.32 Å². The zero-order chi connectivity index (χ0) is 14.8. The summed E-state index contributed by atoms with van der Waals surface area (Å²) in [6, 6.07) is 4.72. The van der Waals surface area contributed by atoms with Gasteiger partial charge in [-0.25, -0.2) is 8.78 Å². The Kier molecular flexibility index (Phi) is 4.83. The van der Waals surface area contributed by atoms with Gasteiger partial charge in [-0.2, -0.15) is 0 Å². The van der Waals surface area contributed by atoms with E-state index in [-0.39, 0.29) is 38.4 Å². The molecule has 7 heteroatoms. The van der Waals surface area contributed by atoms with Crippen molar-refractivity contribution in [2.24, 2.45) is 0 Å². The number of nitrogens with zero attached hydrogens (tertiary/aromatic N) is 1. The Balaban J connectivity index is 1.87. The lowest BCUT2D eigenvalue weighted by Gasteiger charge is -2.31. The zero-order valence-electron chi connectivity index (χ0n) is 10.6. The first-order valence-corrected chi connectivity index (χ1v) is 6.96. The van der Waals surface area contributed by atoms with Crippen LogP contribution in [0.5, 0.6) is 0 Å². The van der Waals surface area contributed by atoms with Crippen LogP contribution < -0.4 is 5.32 Å². The fourth-order valence-corrected chi connectivity index (χ4v) is 2.59. The van der Waals surface area contributed by atoms with Crippen LogP contribution in [0.3, 0.4) is 0 Å². The van der Waals surface area contributed by atoms with Crippen molar-refractivity contribution >= 4 is 34.8 Å². The lowest BCUT2D eigenvalue weighted by Crippen LogP contribution is -2.42. The molecule has 1 heterocycles. The minimum absolute atomic E-state index is 0.0835. The first-order chi connectivity index (χ1) is 9.34. The van der Waals surface area contributed by atoms with Crippen molar-refractivity contribution in [2.45, 2.75) is 18.8 Å². The molecule has 1 amide bonds. The molecule has 0 radical (unpaired) electrons. The summed E-state index contributed by atoms with van der Waals surface area (Å²) < 4.78 is 26.0. The molecule has 1 aromatic rings. The first-order valence-electron chi connectivity index (χ1n) is 6.20. The number of anilines is 1. The third-order valence-electron chi connectivity index (χ3n) is 3.10. The molecule has 1 fully saturated rings. The van der Waals surface area contributed by atoms with Crippen LogP contribution in [-0.4, -0.2) is 36.4 Å². The molecule has 0 aliphatic carbocycles. The number of alkyl halides is 2. The predicted octanol–water partition coefficient (Wildman–Crippen LogP) is 3.66. The zero-order valence-corrected chi connectivity index (χ0v) is 12.1. The van der Waals surface area contributed by atoms with Crippen molar-refractivity contribution in [1.82, 2.24) is 4.90 Å². The smallest absolute Gasteiger partial charge is 0.250 e. The Morgan fingerprint density at radius 2 is 1.75 bits per heavy atom. The highest BCUT2D eigenvalue weighted by Gasteiger charge is 2.34. The Labute approximate surface area is 125 Å². The van der Waals surface area contributed by atoms with Crippen LogP contribution >= 0.6 is 23.2 Å². The van der Waals surface area contributed by atoms with Gasteiger partial charge in [-0.1, -0.05) is 23.2 Å².